The molecule has 0 saturated carbocycles. The molecular formula is C6H15BF4O. The molecule has 0 unspecified atom stereocenters. The zero-order valence-corrected chi connectivity index (χ0v) is 7.62. The van der Waals surface area contributed by atoms with Crippen molar-refractivity contribution in [3.05, 3.63) is 0 Å². The Labute approximate surface area is 73.2 Å². The Morgan fingerprint density at radius 1 is 0.667 bits per heavy atom. The van der Waals surface area contributed by atoms with Gasteiger partial charge in [0.05, 0.1) is 0 Å². The van der Waals surface area contributed by atoms with E-state index < -0.39 is 0 Å². The average Bonchev–Trinajstić information content (AvgIpc) is 1.72. The molecule has 0 radical (unpaired) electrons. The van der Waals surface area contributed by atoms with Crippen LogP contribution in [0, 0.1) is 0 Å². The average molecular weight is 190 g/mol. The van der Waals surface area contributed by atoms with Gasteiger partial charge in [-0.2, -0.15) is 0 Å². The molecule has 0 fully saturated rings. The van der Waals surface area contributed by atoms with Gasteiger partial charge >= 0.3 is 8.41 Å². The van der Waals surface area contributed by atoms with Crippen molar-refractivity contribution < 1.29 is 23.2 Å². The summed E-state index contributed by atoms with van der Waals surface area (Å²) in [6.07, 6.45) is 0. The van der Waals surface area contributed by atoms with Gasteiger partial charge in [-0.25, -0.2) is 0 Å². The summed E-state index contributed by atoms with van der Waals surface area (Å²) >= 11 is 0. The van der Waals surface area contributed by atoms with Crippen molar-refractivity contribution in [3.8, 4) is 0 Å². The van der Waals surface area contributed by atoms with Gasteiger partial charge in [0, 0.05) is 20.8 Å². The molecule has 6 heteroatoms. The van der Waals surface area contributed by atoms with E-state index in [1.54, 1.807) is 0 Å². The molecule has 0 saturated heterocycles. The van der Waals surface area contributed by atoms with E-state index in [2.05, 4.69) is 25.1 Å². The van der Waals surface area contributed by atoms with Crippen LogP contribution in [0.1, 0.15) is 20.8 Å². The van der Waals surface area contributed by atoms with Gasteiger partial charge in [0.1, 0.15) is 19.8 Å². The molecule has 0 bridgehead atoms. The van der Waals surface area contributed by atoms with Crippen LogP contribution in [0.5, 0.6) is 0 Å². The molecule has 12 heavy (non-hydrogen) atoms. The van der Waals surface area contributed by atoms with Crippen LogP contribution in [0.2, 0.25) is 0 Å². The largest absolute Gasteiger partial charge is 3.00 e. The Hall–Kier alpha value is -0.255. The molecule has 0 atom stereocenters. The third-order valence-corrected chi connectivity index (χ3v) is 1.22. The predicted octanol–water partition coefficient (Wildman–Crippen LogP) is -10.8. The second kappa shape index (κ2) is 30.9. The molecule has 0 spiro atoms. The molecular weight excluding hydrogens is 175 g/mol. The van der Waals surface area contributed by atoms with Gasteiger partial charge in [0.15, 0.2) is 0 Å². The molecule has 0 aromatic carbocycles. The molecule has 0 aromatic heterocycles. The minimum Gasteiger partial charge on any atom is -1.00 e. The standard InChI is InChI=1S/C6H15O.B.4FH/c1-4-7(5-2)6-3;;;;;/h4-6H2,1-3H3;;4*1H/q+1;+3;;;;/p-4. The van der Waals surface area contributed by atoms with Gasteiger partial charge in [0.2, 0.25) is 0 Å². The van der Waals surface area contributed by atoms with Crippen molar-refractivity contribution in [1.29, 1.82) is 0 Å². The normalized spacial score (nSPS) is 6.00. The summed E-state index contributed by atoms with van der Waals surface area (Å²) < 4.78 is 3.07. The Bertz CT molecular complexity index is 41.0. The second-order valence-electron chi connectivity index (χ2n) is 1.48. The fourth-order valence-corrected chi connectivity index (χ4v) is 0.612. The maximum atomic E-state index is 3.07. The first-order valence-electron chi connectivity index (χ1n) is 2.99. The summed E-state index contributed by atoms with van der Waals surface area (Å²) in [6.45, 7) is 9.76. The monoisotopic (exact) mass is 190 g/mol. The zero-order valence-electron chi connectivity index (χ0n) is 7.62. The molecule has 0 aliphatic rings. The molecule has 0 aliphatic heterocycles. The molecule has 0 N–H and O–H groups in total. The minimum absolute atomic E-state index is 0. The summed E-state index contributed by atoms with van der Waals surface area (Å²) in [5.41, 5.74) is 0. The van der Waals surface area contributed by atoms with Crippen LogP contribution in [0.3, 0.4) is 0 Å². The van der Waals surface area contributed by atoms with Crippen LogP contribution < -0.4 is 18.8 Å². The summed E-state index contributed by atoms with van der Waals surface area (Å²) in [6, 6.07) is 0. The van der Waals surface area contributed by atoms with Gasteiger partial charge in [-0.1, -0.05) is 0 Å². The molecule has 0 rings (SSSR count). The fourth-order valence-electron chi connectivity index (χ4n) is 0.612. The van der Waals surface area contributed by atoms with Gasteiger partial charge in [0.25, 0.3) is 0 Å². The first kappa shape index (κ1) is 41.1. The summed E-state index contributed by atoms with van der Waals surface area (Å²) in [7, 11) is 0. The number of rotatable bonds is 3. The van der Waals surface area contributed by atoms with Crippen LogP contribution in [0.25, 0.3) is 0 Å². The van der Waals surface area contributed by atoms with Crippen molar-refractivity contribution in [1.82, 2.24) is 0 Å². The molecule has 0 amide bonds. The first-order valence-corrected chi connectivity index (χ1v) is 2.99. The van der Waals surface area contributed by atoms with E-state index in [9.17, 15) is 0 Å². The summed E-state index contributed by atoms with van der Waals surface area (Å²) in [4.78, 5) is 0. The van der Waals surface area contributed by atoms with Crippen LogP contribution in [-0.4, -0.2) is 28.2 Å². The van der Waals surface area contributed by atoms with Crippen molar-refractivity contribution in [2.24, 2.45) is 0 Å². The Morgan fingerprint density at radius 3 is 0.833 bits per heavy atom. The minimum atomic E-state index is 0. The van der Waals surface area contributed by atoms with Gasteiger partial charge < -0.3 is 23.2 Å². The maximum Gasteiger partial charge on any atom is 3.00 e. The van der Waals surface area contributed by atoms with Crippen LogP contribution in [-0.2, 0) is 4.37 Å². The Balaban J connectivity index is -0.0000000180. The van der Waals surface area contributed by atoms with Crippen LogP contribution in [0.4, 0.5) is 0 Å². The third-order valence-electron chi connectivity index (χ3n) is 1.22. The number of halogens is 4. The predicted molar refractivity (Wildman–Crippen MR) is 38.5 cm³/mol. The SMILES string of the molecule is CC[O+](CC)CC.[B+3].[F-].[F-].[F-].[F-]. The van der Waals surface area contributed by atoms with Crippen molar-refractivity contribution in [3.63, 3.8) is 0 Å². The van der Waals surface area contributed by atoms with Crippen molar-refractivity contribution >= 4 is 8.41 Å². The van der Waals surface area contributed by atoms with E-state index in [0.29, 0.717) is 0 Å². The van der Waals surface area contributed by atoms with Gasteiger partial charge in [-0.05, 0) is 0 Å². The van der Waals surface area contributed by atoms with E-state index in [1.807, 2.05) is 0 Å². The topological polar surface area (TPSA) is 2.70 Å². The van der Waals surface area contributed by atoms with E-state index in [0.717, 1.165) is 19.8 Å². The van der Waals surface area contributed by atoms with Gasteiger partial charge in [-0.15, -0.1) is 0 Å². The van der Waals surface area contributed by atoms with Crippen molar-refractivity contribution in [2.45, 2.75) is 20.8 Å². The molecule has 0 aliphatic carbocycles. The number of hydrogen-bond acceptors (Lipinski definition) is 0. The Kier molecular flexibility index (Phi) is 106. The maximum absolute atomic E-state index is 3.07. The third kappa shape index (κ3) is 22.6. The Morgan fingerprint density at radius 2 is 0.833 bits per heavy atom. The van der Waals surface area contributed by atoms with E-state index in [-0.39, 0.29) is 27.2 Å². The molecule has 76 valence electrons. The second-order valence-corrected chi connectivity index (χ2v) is 1.48. The molecule has 0 aromatic rings. The van der Waals surface area contributed by atoms with Crippen LogP contribution in [0.15, 0.2) is 0 Å². The summed E-state index contributed by atoms with van der Waals surface area (Å²) in [5, 5.41) is 0. The zero-order chi connectivity index (χ0) is 5.70. The fraction of sp³-hybridized carbons (Fsp3) is 1.00. The first-order chi connectivity index (χ1) is 3.35. The smallest absolute Gasteiger partial charge is 1.00 e. The van der Waals surface area contributed by atoms with E-state index in [1.165, 1.54) is 0 Å². The van der Waals surface area contributed by atoms with Crippen LogP contribution >= 0.6 is 0 Å². The van der Waals surface area contributed by atoms with E-state index >= 15 is 0 Å². The summed E-state index contributed by atoms with van der Waals surface area (Å²) in [5.74, 6) is 0. The quantitative estimate of drug-likeness (QED) is 0.236. The number of hydrogen-bond donors (Lipinski definition) is 0. The molecule has 1 nitrogen and oxygen atoms in total. The van der Waals surface area contributed by atoms with Crippen molar-refractivity contribution in [2.75, 3.05) is 19.8 Å². The van der Waals surface area contributed by atoms with Gasteiger partial charge in [-0.3, -0.25) is 0 Å². The molecule has 0 heterocycles. The van der Waals surface area contributed by atoms with E-state index in [4.69, 9.17) is 0 Å².